The van der Waals surface area contributed by atoms with Gasteiger partial charge in [-0.2, -0.15) is 0 Å². The summed E-state index contributed by atoms with van der Waals surface area (Å²) in [4.78, 5) is 11.2. The van der Waals surface area contributed by atoms with Crippen LogP contribution in [-0.2, 0) is 10.0 Å². The van der Waals surface area contributed by atoms with Crippen LogP contribution in [0.15, 0.2) is 52.0 Å². The molecule has 2 aromatic rings. The predicted octanol–water partition coefficient (Wildman–Crippen LogP) is 1.88. The molecule has 0 fully saturated rings. The molecule has 1 aromatic heterocycles. The SMILES string of the molecule is CC(=O)c1ccc(S(=O)(=O)NCC[C@@H](O)c2ccco2)cc1. The van der Waals surface area contributed by atoms with E-state index in [2.05, 4.69) is 4.72 Å². The number of hydrogen-bond donors (Lipinski definition) is 2. The van der Waals surface area contributed by atoms with Crippen molar-refractivity contribution >= 4 is 15.8 Å². The second-order valence-corrected chi connectivity index (χ2v) is 6.57. The van der Waals surface area contributed by atoms with E-state index in [1.807, 2.05) is 0 Å². The fourth-order valence-corrected chi connectivity index (χ4v) is 2.95. The molecule has 0 aliphatic carbocycles. The second kappa shape index (κ2) is 6.87. The number of sulfonamides is 1. The van der Waals surface area contributed by atoms with Crippen molar-refractivity contribution in [1.82, 2.24) is 4.72 Å². The number of rotatable bonds is 7. The van der Waals surface area contributed by atoms with Gasteiger partial charge in [0.1, 0.15) is 11.9 Å². The minimum atomic E-state index is -3.67. The van der Waals surface area contributed by atoms with Gasteiger partial charge in [0.05, 0.1) is 11.2 Å². The van der Waals surface area contributed by atoms with Crippen LogP contribution < -0.4 is 4.72 Å². The largest absolute Gasteiger partial charge is 0.467 e. The number of hydrogen-bond acceptors (Lipinski definition) is 5. The molecule has 0 aliphatic rings. The van der Waals surface area contributed by atoms with Crippen molar-refractivity contribution in [2.75, 3.05) is 6.54 Å². The zero-order valence-corrected chi connectivity index (χ0v) is 12.8. The average molecular weight is 323 g/mol. The fourth-order valence-electron chi connectivity index (χ4n) is 1.91. The van der Waals surface area contributed by atoms with E-state index < -0.39 is 16.1 Å². The van der Waals surface area contributed by atoms with Crippen molar-refractivity contribution in [2.24, 2.45) is 0 Å². The van der Waals surface area contributed by atoms with Gasteiger partial charge in [0.2, 0.25) is 10.0 Å². The summed E-state index contributed by atoms with van der Waals surface area (Å²) in [6, 6.07) is 8.96. The third-order valence-electron chi connectivity index (χ3n) is 3.15. The lowest BCUT2D eigenvalue weighted by molar-refractivity contribution is 0.101. The summed E-state index contributed by atoms with van der Waals surface area (Å²) in [6.45, 7) is 1.48. The standard InChI is InChI=1S/C15H17NO5S/c1-11(17)12-4-6-13(7-5-12)22(19,20)16-9-8-14(18)15-3-2-10-21-15/h2-7,10,14,16,18H,8-9H2,1H3/t14-/m1/s1. The van der Waals surface area contributed by atoms with Gasteiger partial charge in [0.15, 0.2) is 5.78 Å². The topological polar surface area (TPSA) is 96.6 Å². The molecule has 0 saturated heterocycles. The zero-order valence-electron chi connectivity index (χ0n) is 12.0. The molecule has 0 amide bonds. The van der Waals surface area contributed by atoms with Gasteiger partial charge in [-0.1, -0.05) is 12.1 Å². The highest BCUT2D eigenvalue weighted by atomic mass is 32.2. The lowest BCUT2D eigenvalue weighted by Crippen LogP contribution is -2.26. The van der Waals surface area contributed by atoms with E-state index in [9.17, 15) is 18.3 Å². The molecule has 1 atom stereocenters. The first-order valence-electron chi connectivity index (χ1n) is 6.72. The summed E-state index contributed by atoms with van der Waals surface area (Å²) < 4.78 is 31.6. The molecule has 0 spiro atoms. The zero-order chi connectivity index (χ0) is 16.2. The van der Waals surface area contributed by atoms with Crippen LogP contribution in [0.4, 0.5) is 0 Å². The summed E-state index contributed by atoms with van der Waals surface area (Å²) in [5.41, 5.74) is 0.451. The summed E-state index contributed by atoms with van der Waals surface area (Å²) in [5, 5.41) is 9.81. The Morgan fingerprint density at radius 3 is 2.50 bits per heavy atom. The maximum atomic E-state index is 12.1. The second-order valence-electron chi connectivity index (χ2n) is 4.80. The van der Waals surface area contributed by atoms with E-state index >= 15 is 0 Å². The van der Waals surface area contributed by atoms with E-state index in [0.717, 1.165) is 0 Å². The molecule has 0 saturated carbocycles. The number of furan rings is 1. The van der Waals surface area contributed by atoms with Crippen molar-refractivity contribution in [3.8, 4) is 0 Å². The summed E-state index contributed by atoms with van der Waals surface area (Å²) in [6.07, 6.45) is 0.773. The molecule has 1 aromatic carbocycles. The Kier molecular flexibility index (Phi) is 5.12. The van der Waals surface area contributed by atoms with Gasteiger partial charge in [-0.25, -0.2) is 13.1 Å². The fraction of sp³-hybridized carbons (Fsp3) is 0.267. The Hall–Kier alpha value is -1.96. The van der Waals surface area contributed by atoms with E-state index in [0.29, 0.717) is 11.3 Å². The Labute approximate surface area is 128 Å². The van der Waals surface area contributed by atoms with Crippen LogP contribution in [0.2, 0.25) is 0 Å². The predicted molar refractivity (Wildman–Crippen MR) is 79.9 cm³/mol. The molecule has 0 aliphatic heterocycles. The Balaban J connectivity index is 1.95. The van der Waals surface area contributed by atoms with Crippen LogP contribution in [0.1, 0.15) is 35.6 Å². The summed E-state index contributed by atoms with van der Waals surface area (Å²) in [7, 11) is -3.67. The summed E-state index contributed by atoms with van der Waals surface area (Å²) in [5.74, 6) is 0.267. The monoisotopic (exact) mass is 323 g/mol. The molecule has 0 bridgehead atoms. The first-order valence-corrected chi connectivity index (χ1v) is 8.20. The minimum Gasteiger partial charge on any atom is -0.467 e. The number of aliphatic hydroxyl groups is 1. The van der Waals surface area contributed by atoms with Crippen molar-refractivity contribution in [3.05, 3.63) is 54.0 Å². The van der Waals surface area contributed by atoms with Crippen LogP contribution in [0.5, 0.6) is 0 Å². The molecule has 1 heterocycles. The van der Waals surface area contributed by atoms with Gasteiger partial charge in [-0.05, 0) is 37.6 Å². The molecular formula is C15H17NO5S. The molecule has 2 N–H and O–H groups in total. The maximum Gasteiger partial charge on any atom is 0.240 e. The van der Waals surface area contributed by atoms with Crippen molar-refractivity contribution in [2.45, 2.75) is 24.3 Å². The highest BCUT2D eigenvalue weighted by Gasteiger charge is 2.16. The first kappa shape index (κ1) is 16.4. The number of Topliss-reactive ketones (excluding diaryl/α,β-unsaturated/α-hetero) is 1. The van der Waals surface area contributed by atoms with Gasteiger partial charge in [-0.3, -0.25) is 4.79 Å². The third kappa shape index (κ3) is 4.03. The van der Waals surface area contributed by atoms with Crippen molar-refractivity contribution < 1.29 is 22.7 Å². The highest BCUT2D eigenvalue weighted by Crippen LogP contribution is 2.17. The van der Waals surface area contributed by atoms with Crippen molar-refractivity contribution in [3.63, 3.8) is 0 Å². The quantitative estimate of drug-likeness (QED) is 0.758. The van der Waals surface area contributed by atoms with E-state index in [1.165, 1.54) is 37.5 Å². The maximum absolute atomic E-state index is 12.1. The van der Waals surface area contributed by atoms with E-state index in [1.54, 1.807) is 12.1 Å². The number of benzene rings is 1. The van der Waals surface area contributed by atoms with Crippen LogP contribution in [0.25, 0.3) is 0 Å². The molecule has 7 heteroatoms. The Morgan fingerprint density at radius 1 is 1.27 bits per heavy atom. The van der Waals surface area contributed by atoms with Crippen LogP contribution >= 0.6 is 0 Å². The van der Waals surface area contributed by atoms with Gasteiger partial charge in [0.25, 0.3) is 0 Å². The van der Waals surface area contributed by atoms with Crippen LogP contribution in [-0.4, -0.2) is 25.9 Å². The lowest BCUT2D eigenvalue weighted by Gasteiger charge is -2.10. The lowest BCUT2D eigenvalue weighted by atomic mass is 10.2. The molecule has 22 heavy (non-hydrogen) atoms. The van der Waals surface area contributed by atoms with Crippen LogP contribution in [0.3, 0.4) is 0 Å². The van der Waals surface area contributed by atoms with Gasteiger partial charge in [0, 0.05) is 12.1 Å². The normalized spacial score (nSPS) is 13.0. The summed E-state index contributed by atoms with van der Waals surface area (Å²) >= 11 is 0. The Morgan fingerprint density at radius 2 is 1.95 bits per heavy atom. The number of nitrogens with one attached hydrogen (secondary N) is 1. The number of aliphatic hydroxyl groups excluding tert-OH is 1. The van der Waals surface area contributed by atoms with Crippen molar-refractivity contribution in [1.29, 1.82) is 0 Å². The van der Waals surface area contributed by atoms with E-state index in [4.69, 9.17) is 4.42 Å². The molecule has 118 valence electrons. The molecule has 2 rings (SSSR count). The number of ketones is 1. The molecule has 6 nitrogen and oxygen atoms in total. The van der Waals surface area contributed by atoms with Gasteiger partial charge >= 0.3 is 0 Å². The van der Waals surface area contributed by atoms with Gasteiger partial charge < -0.3 is 9.52 Å². The van der Waals surface area contributed by atoms with E-state index in [-0.39, 0.29) is 23.6 Å². The molecule has 0 radical (unpaired) electrons. The first-order chi connectivity index (χ1) is 10.4. The number of carbonyl (C=O) groups excluding carboxylic acids is 1. The minimum absolute atomic E-state index is 0.0681. The Bertz CT molecular complexity index is 720. The highest BCUT2D eigenvalue weighted by molar-refractivity contribution is 7.89. The molecular weight excluding hydrogens is 306 g/mol. The van der Waals surface area contributed by atoms with Gasteiger partial charge in [-0.15, -0.1) is 0 Å². The average Bonchev–Trinajstić information content (AvgIpc) is 3.01. The number of carbonyl (C=O) groups is 1. The molecule has 0 unspecified atom stereocenters. The smallest absolute Gasteiger partial charge is 0.240 e. The third-order valence-corrected chi connectivity index (χ3v) is 4.63. The van der Waals surface area contributed by atoms with Crippen LogP contribution in [0, 0.1) is 0 Å².